The van der Waals surface area contributed by atoms with E-state index in [9.17, 15) is 13.2 Å². The van der Waals surface area contributed by atoms with Crippen LogP contribution in [0.25, 0.3) is 0 Å². The van der Waals surface area contributed by atoms with Crippen molar-refractivity contribution in [3.63, 3.8) is 0 Å². The number of sulfonamides is 1. The zero-order chi connectivity index (χ0) is 26.6. The van der Waals surface area contributed by atoms with Crippen LogP contribution in [0, 0.1) is 0 Å². The van der Waals surface area contributed by atoms with Gasteiger partial charge in [0, 0.05) is 15.9 Å². The van der Waals surface area contributed by atoms with Crippen LogP contribution in [-0.4, -0.2) is 35.4 Å². The fourth-order valence-corrected chi connectivity index (χ4v) is 5.94. The molecule has 6 nitrogen and oxygen atoms in total. The number of hydrogen-bond acceptors (Lipinski definition) is 5. The summed E-state index contributed by atoms with van der Waals surface area (Å²) in [7, 11) is -5.85. The number of anilines is 2. The maximum Gasteiger partial charge on any atom is 0.250 e. The lowest BCUT2D eigenvalue weighted by Gasteiger charge is -2.36. The van der Waals surface area contributed by atoms with Crippen molar-refractivity contribution in [2.24, 2.45) is 0 Å². The van der Waals surface area contributed by atoms with E-state index in [1.165, 1.54) is 11.8 Å². The van der Waals surface area contributed by atoms with Gasteiger partial charge >= 0.3 is 0 Å². The molecular formula is C27H34N2O4S2Si. The predicted octanol–water partition coefficient (Wildman–Crippen LogP) is 6.63. The first kappa shape index (κ1) is 27.8. The van der Waals surface area contributed by atoms with Crippen molar-refractivity contribution in [3.05, 3.63) is 78.9 Å². The van der Waals surface area contributed by atoms with Gasteiger partial charge in [-0.2, -0.15) is 0 Å². The van der Waals surface area contributed by atoms with E-state index >= 15 is 0 Å². The average molecular weight is 543 g/mol. The zero-order valence-corrected chi connectivity index (χ0v) is 24.2. The van der Waals surface area contributed by atoms with Crippen molar-refractivity contribution < 1.29 is 17.6 Å². The first-order valence-corrected chi connectivity index (χ1v) is 17.2. The van der Waals surface area contributed by atoms with Crippen molar-refractivity contribution >= 4 is 47.4 Å². The van der Waals surface area contributed by atoms with Gasteiger partial charge in [0.15, 0.2) is 0 Å². The lowest BCUT2D eigenvalue weighted by molar-refractivity contribution is -0.114. The highest BCUT2D eigenvalue weighted by molar-refractivity contribution is 7.99. The zero-order valence-electron chi connectivity index (χ0n) is 21.6. The molecule has 0 unspecified atom stereocenters. The van der Waals surface area contributed by atoms with Gasteiger partial charge in [0.25, 0.3) is 0 Å². The minimum absolute atomic E-state index is 0.00936. The average Bonchev–Trinajstić information content (AvgIpc) is 2.78. The van der Waals surface area contributed by atoms with Crippen LogP contribution >= 0.6 is 11.8 Å². The molecule has 0 radical (unpaired) electrons. The Kier molecular flexibility index (Phi) is 8.58. The Hall–Kier alpha value is -2.75. The van der Waals surface area contributed by atoms with Crippen LogP contribution in [0.3, 0.4) is 0 Å². The number of benzene rings is 3. The molecule has 3 rings (SSSR count). The van der Waals surface area contributed by atoms with Gasteiger partial charge in [-0.3, -0.25) is 9.10 Å². The summed E-state index contributed by atoms with van der Waals surface area (Å²) in [5.41, 5.74) is 1.01. The Balaban J connectivity index is 1.81. The number of amides is 1. The van der Waals surface area contributed by atoms with Crippen LogP contribution in [0.1, 0.15) is 20.8 Å². The molecule has 0 atom stereocenters. The predicted molar refractivity (Wildman–Crippen MR) is 152 cm³/mol. The maximum atomic E-state index is 13.0. The molecule has 0 bridgehead atoms. The van der Waals surface area contributed by atoms with E-state index in [0.29, 0.717) is 17.1 Å². The highest BCUT2D eigenvalue weighted by Crippen LogP contribution is 2.38. The second-order valence-electron chi connectivity index (χ2n) is 10.1. The van der Waals surface area contributed by atoms with Crippen LogP contribution in [0.2, 0.25) is 18.1 Å². The van der Waals surface area contributed by atoms with Crippen LogP contribution in [0.4, 0.5) is 11.4 Å². The van der Waals surface area contributed by atoms with Crippen LogP contribution in [0.5, 0.6) is 5.75 Å². The molecule has 3 aromatic rings. The van der Waals surface area contributed by atoms with Crippen molar-refractivity contribution in [1.29, 1.82) is 0 Å². The normalized spacial score (nSPS) is 12.2. The fourth-order valence-electron chi connectivity index (χ4n) is 3.14. The van der Waals surface area contributed by atoms with Gasteiger partial charge < -0.3 is 9.74 Å². The summed E-state index contributed by atoms with van der Waals surface area (Å²) in [6, 6.07) is 24.2. The summed E-state index contributed by atoms with van der Waals surface area (Å²) >= 11 is 1.53. The minimum atomic E-state index is -3.73. The summed E-state index contributed by atoms with van der Waals surface area (Å²) in [6.45, 7) is 10.3. The molecular weight excluding hydrogens is 509 g/mol. The fraction of sp³-hybridized carbons (Fsp3) is 0.296. The summed E-state index contributed by atoms with van der Waals surface area (Å²) in [5.74, 6) is 0.162. The van der Waals surface area contributed by atoms with Crippen LogP contribution < -0.4 is 14.0 Å². The molecule has 0 aliphatic carbocycles. The molecule has 0 saturated carbocycles. The highest BCUT2D eigenvalue weighted by Gasteiger charge is 2.39. The van der Waals surface area contributed by atoms with E-state index in [4.69, 9.17) is 4.43 Å². The quantitative estimate of drug-likeness (QED) is 0.307. The topological polar surface area (TPSA) is 75.7 Å². The van der Waals surface area contributed by atoms with E-state index in [2.05, 4.69) is 39.2 Å². The number of rotatable bonds is 9. The molecule has 0 aromatic heterocycles. The minimum Gasteiger partial charge on any atom is -0.543 e. The Morgan fingerprint density at radius 2 is 1.61 bits per heavy atom. The van der Waals surface area contributed by atoms with Crippen LogP contribution in [0.15, 0.2) is 88.7 Å². The smallest absolute Gasteiger partial charge is 0.250 e. The Bertz CT molecular complexity index is 1310. The number of carbonyl (C=O) groups excluding carboxylic acids is 1. The summed E-state index contributed by atoms with van der Waals surface area (Å²) in [4.78, 5) is 14.9. The molecule has 0 spiro atoms. The molecule has 0 heterocycles. The summed E-state index contributed by atoms with van der Waals surface area (Å²) in [6.07, 6.45) is 1.10. The van der Waals surface area contributed by atoms with Gasteiger partial charge in [0.1, 0.15) is 12.3 Å². The van der Waals surface area contributed by atoms with Gasteiger partial charge in [0.2, 0.25) is 24.2 Å². The third-order valence-electron chi connectivity index (χ3n) is 6.10. The second kappa shape index (κ2) is 11.1. The first-order valence-electron chi connectivity index (χ1n) is 11.6. The van der Waals surface area contributed by atoms with E-state index in [1.807, 2.05) is 60.7 Å². The van der Waals surface area contributed by atoms with E-state index in [-0.39, 0.29) is 11.6 Å². The second-order valence-corrected chi connectivity index (χ2v) is 17.8. The Labute approximate surface area is 220 Å². The van der Waals surface area contributed by atoms with Gasteiger partial charge in [-0.05, 0) is 54.5 Å². The molecule has 1 amide bonds. The van der Waals surface area contributed by atoms with Gasteiger partial charge in [-0.15, -0.1) is 0 Å². The SMILES string of the molecule is CC(C)(C)[Si](C)(C)Oc1cccc(N(CC(=O)Nc2ccccc2Sc2ccccc2)S(C)(=O)=O)c1. The number of para-hydroxylation sites is 1. The molecule has 192 valence electrons. The van der Waals surface area contributed by atoms with Gasteiger partial charge in [-0.25, -0.2) is 8.42 Å². The van der Waals surface area contributed by atoms with Crippen molar-refractivity contribution in [2.75, 3.05) is 22.4 Å². The first-order chi connectivity index (χ1) is 16.8. The van der Waals surface area contributed by atoms with E-state index in [1.54, 1.807) is 18.2 Å². The molecule has 0 aliphatic heterocycles. The van der Waals surface area contributed by atoms with Crippen molar-refractivity contribution in [3.8, 4) is 5.75 Å². The Morgan fingerprint density at radius 1 is 0.972 bits per heavy atom. The molecule has 0 saturated heterocycles. The molecule has 3 aromatic carbocycles. The Morgan fingerprint density at radius 3 is 2.25 bits per heavy atom. The molecule has 0 aliphatic rings. The van der Waals surface area contributed by atoms with Crippen molar-refractivity contribution in [1.82, 2.24) is 0 Å². The maximum absolute atomic E-state index is 13.0. The number of nitrogens with one attached hydrogen (secondary N) is 1. The van der Waals surface area contributed by atoms with E-state index in [0.717, 1.165) is 20.4 Å². The van der Waals surface area contributed by atoms with Gasteiger partial charge in [-0.1, -0.05) is 68.9 Å². The number of nitrogens with zero attached hydrogens (tertiary/aromatic N) is 1. The third kappa shape index (κ3) is 7.38. The number of hydrogen-bond donors (Lipinski definition) is 1. The van der Waals surface area contributed by atoms with Crippen LogP contribution in [-0.2, 0) is 14.8 Å². The molecule has 1 N–H and O–H groups in total. The lowest BCUT2D eigenvalue weighted by Crippen LogP contribution is -2.44. The third-order valence-corrected chi connectivity index (χ3v) is 12.7. The lowest BCUT2D eigenvalue weighted by atomic mass is 10.2. The monoisotopic (exact) mass is 542 g/mol. The number of carbonyl (C=O) groups is 1. The van der Waals surface area contributed by atoms with E-state index < -0.39 is 24.2 Å². The molecule has 9 heteroatoms. The summed E-state index contributed by atoms with van der Waals surface area (Å²) < 4.78 is 32.8. The largest absolute Gasteiger partial charge is 0.543 e. The summed E-state index contributed by atoms with van der Waals surface area (Å²) in [5, 5.41) is 2.88. The standard InChI is InChI=1S/C27H34N2O4S2Si/c1-27(2,3)36(5,6)33-22-14-12-13-21(19-22)29(35(4,31)32)20-26(30)28-24-17-10-11-18-25(24)34-23-15-8-7-9-16-23/h7-19H,20H2,1-6H3,(H,28,30). The highest BCUT2D eigenvalue weighted by atomic mass is 32.2. The molecule has 0 fully saturated rings. The van der Waals surface area contributed by atoms with Crippen molar-refractivity contribution in [2.45, 2.75) is 48.7 Å². The van der Waals surface area contributed by atoms with Gasteiger partial charge in [0.05, 0.1) is 17.6 Å². The molecule has 36 heavy (non-hydrogen) atoms.